The molecule has 2 atom stereocenters. The molecule has 0 saturated carbocycles. The average molecular weight is 344 g/mol. The molecule has 0 aliphatic heterocycles. The minimum Gasteiger partial charge on any atom is -0.480 e. The van der Waals surface area contributed by atoms with E-state index in [-0.39, 0.29) is 36.5 Å². The van der Waals surface area contributed by atoms with Crippen molar-refractivity contribution in [2.45, 2.75) is 65.5 Å². The Morgan fingerprint density at radius 1 is 0.708 bits per heavy atom. The molecule has 0 aromatic rings. The van der Waals surface area contributed by atoms with Crippen molar-refractivity contribution in [3.8, 4) is 0 Å². The van der Waals surface area contributed by atoms with E-state index in [0.29, 0.717) is 12.8 Å². The molecule has 0 radical (unpaired) electrons. The molecule has 0 heterocycles. The van der Waals surface area contributed by atoms with Crippen molar-refractivity contribution < 1.29 is 29.4 Å². The third-order valence-electron chi connectivity index (χ3n) is 3.56. The number of hydrogen-bond acceptors (Lipinski definition) is 4. The van der Waals surface area contributed by atoms with Crippen LogP contribution in [-0.4, -0.2) is 46.0 Å². The first-order valence-electron chi connectivity index (χ1n) is 8.10. The maximum Gasteiger partial charge on any atom is 0.326 e. The number of aliphatic carboxylic acids is 2. The van der Waals surface area contributed by atoms with Crippen LogP contribution in [0.5, 0.6) is 0 Å². The molecule has 8 heteroatoms. The Kier molecular flexibility index (Phi) is 9.68. The van der Waals surface area contributed by atoms with E-state index in [2.05, 4.69) is 10.6 Å². The molecule has 0 aromatic carbocycles. The molecule has 2 amide bonds. The second-order valence-electron chi connectivity index (χ2n) is 6.46. The smallest absolute Gasteiger partial charge is 0.326 e. The number of carbonyl (C=O) groups excluding carboxylic acids is 2. The lowest BCUT2D eigenvalue weighted by Crippen LogP contribution is -2.44. The van der Waals surface area contributed by atoms with Crippen LogP contribution in [0, 0.1) is 11.8 Å². The fourth-order valence-electron chi connectivity index (χ4n) is 2.09. The number of carbonyl (C=O) groups is 4. The van der Waals surface area contributed by atoms with E-state index >= 15 is 0 Å². The van der Waals surface area contributed by atoms with E-state index in [1.165, 1.54) is 0 Å². The summed E-state index contributed by atoms with van der Waals surface area (Å²) in [6.45, 7) is 6.82. The van der Waals surface area contributed by atoms with Crippen LogP contribution >= 0.6 is 0 Å². The van der Waals surface area contributed by atoms with E-state index < -0.39 is 24.0 Å². The summed E-state index contributed by atoms with van der Waals surface area (Å²) >= 11 is 0. The van der Waals surface area contributed by atoms with Gasteiger partial charge in [0, 0.05) is 12.8 Å². The first kappa shape index (κ1) is 21.9. The Labute approximate surface area is 142 Å². The van der Waals surface area contributed by atoms with E-state index in [9.17, 15) is 19.2 Å². The van der Waals surface area contributed by atoms with E-state index in [4.69, 9.17) is 10.2 Å². The zero-order valence-corrected chi connectivity index (χ0v) is 14.7. The van der Waals surface area contributed by atoms with Gasteiger partial charge in [-0.05, 0) is 24.7 Å². The summed E-state index contributed by atoms with van der Waals surface area (Å²) in [6.07, 6.45) is 1.08. The molecule has 0 aliphatic carbocycles. The van der Waals surface area contributed by atoms with Crippen molar-refractivity contribution >= 4 is 23.8 Å². The van der Waals surface area contributed by atoms with E-state index in [1.54, 1.807) is 27.7 Å². The molecule has 138 valence electrons. The summed E-state index contributed by atoms with van der Waals surface area (Å²) in [5.41, 5.74) is 0. The molecule has 24 heavy (non-hydrogen) atoms. The van der Waals surface area contributed by atoms with Crippen LogP contribution in [0.25, 0.3) is 0 Å². The Balaban J connectivity index is 4.12. The van der Waals surface area contributed by atoms with E-state index in [1.807, 2.05) is 0 Å². The second kappa shape index (κ2) is 10.6. The van der Waals surface area contributed by atoms with Crippen LogP contribution in [0.4, 0.5) is 0 Å². The molecule has 8 nitrogen and oxygen atoms in total. The fourth-order valence-corrected chi connectivity index (χ4v) is 2.09. The first-order chi connectivity index (χ1) is 11.1. The molecule has 0 aromatic heterocycles. The highest BCUT2D eigenvalue weighted by atomic mass is 16.4. The standard InChI is InChI=1S/C16H28N2O6/c1-9(2)13(15(21)22)17-11(19)7-5-6-8-12(20)18-14(10(3)4)16(23)24/h9-10,13-14H,5-8H2,1-4H3,(H,17,19)(H,18,20)(H,21,22)(H,23,24). The first-order valence-corrected chi connectivity index (χ1v) is 8.10. The summed E-state index contributed by atoms with van der Waals surface area (Å²) < 4.78 is 0. The molecule has 0 bridgehead atoms. The summed E-state index contributed by atoms with van der Waals surface area (Å²) in [4.78, 5) is 45.4. The number of rotatable bonds is 11. The fraction of sp³-hybridized carbons (Fsp3) is 0.750. The van der Waals surface area contributed by atoms with Crippen LogP contribution in [0.3, 0.4) is 0 Å². The maximum absolute atomic E-state index is 11.7. The normalized spacial score (nSPS) is 13.4. The topological polar surface area (TPSA) is 133 Å². The van der Waals surface area contributed by atoms with Crippen molar-refractivity contribution in [2.24, 2.45) is 11.8 Å². The van der Waals surface area contributed by atoms with Gasteiger partial charge in [-0.25, -0.2) is 9.59 Å². The minimum atomic E-state index is -1.08. The summed E-state index contributed by atoms with van der Waals surface area (Å²) in [7, 11) is 0. The van der Waals surface area contributed by atoms with Gasteiger partial charge in [0.25, 0.3) is 0 Å². The van der Waals surface area contributed by atoms with Crippen molar-refractivity contribution in [1.82, 2.24) is 10.6 Å². The van der Waals surface area contributed by atoms with E-state index in [0.717, 1.165) is 0 Å². The lowest BCUT2D eigenvalue weighted by molar-refractivity contribution is -0.143. The number of hydrogen-bond donors (Lipinski definition) is 4. The van der Waals surface area contributed by atoms with Gasteiger partial charge >= 0.3 is 11.9 Å². The number of carboxylic acid groups (broad SMARTS) is 2. The molecular weight excluding hydrogens is 316 g/mol. The van der Waals surface area contributed by atoms with Gasteiger partial charge in [-0.2, -0.15) is 0 Å². The monoisotopic (exact) mass is 344 g/mol. The Morgan fingerprint density at radius 2 is 1.00 bits per heavy atom. The highest BCUT2D eigenvalue weighted by Gasteiger charge is 2.24. The number of nitrogens with one attached hydrogen (secondary N) is 2. The van der Waals surface area contributed by atoms with Crippen LogP contribution in [0.2, 0.25) is 0 Å². The van der Waals surface area contributed by atoms with Gasteiger partial charge in [-0.1, -0.05) is 27.7 Å². The van der Waals surface area contributed by atoms with Crippen molar-refractivity contribution in [2.75, 3.05) is 0 Å². The minimum absolute atomic E-state index is 0.121. The number of amides is 2. The lowest BCUT2D eigenvalue weighted by atomic mass is 10.0. The summed E-state index contributed by atoms with van der Waals surface area (Å²) in [5, 5.41) is 22.9. The maximum atomic E-state index is 11.7. The van der Waals surface area contributed by atoms with Gasteiger partial charge in [0.1, 0.15) is 12.1 Å². The highest BCUT2D eigenvalue weighted by Crippen LogP contribution is 2.06. The largest absolute Gasteiger partial charge is 0.480 e. The molecule has 0 aliphatic rings. The molecule has 0 spiro atoms. The third kappa shape index (κ3) is 8.50. The van der Waals surface area contributed by atoms with Crippen molar-refractivity contribution in [3.05, 3.63) is 0 Å². The molecule has 4 N–H and O–H groups in total. The number of carboxylic acids is 2. The SMILES string of the molecule is CC(C)C(NC(=O)CCCCC(=O)NC(C(=O)O)C(C)C)C(=O)O. The molecule has 0 saturated heterocycles. The predicted octanol–water partition coefficient (Wildman–Crippen LogP) is 0.998. The summed E-state index contributed by atoms with van der Waals surface area (Å²) in [5.74, 6) is -3.34. The quantitative estimate of drug-likeness (QED) is 0.413. The zero-order chi connectivity index (χ0) is 18.9. The van der Waals surface area contributed by atoms with Crippen LogP contribution < -0.4 is 10.6 Å². The Hall–Kier alpha value is -2.12. The molecule has 0 rings (SSSR count). The van der Waals surface area contributed by atoms with Crippen LogP contribution in [0.15, 0.2) is 0 Å². The van der Waals surface area contributed by atoms with Crippen molar-refractivity contribution in [1.29, 1.82) is 0 Å². The van der Waals surface area contributed by atoms with Gasteiger partial charge in [0.2, 0.25) is 11.8 Å². The lowest BCUT2D eigenvalue weighted by Gasteiger charge is -2.18. The Bertz CT molecular complexity index is 419. The van der Waals surface area contributed by atoms with Gasteiger partial charge < -0.3 is 20.8 Å². The zero-order valence-electron chi connectivity index (χ0n) is 14.7. The number of unbranched alkanes of at least 4 members (excludes halogenated alkanes) is 1. The second-order valence-corrected chi connectivity index (χ2v) is 6.46. The van der Waals surface area contributed by atoms with Gasteiger partial charge in [0.05, 0.1) is 0 Å². The predicted molar refractivity (Wildman–Crippen MR) is 87.3 cm³/mol. The molecular formula is C16H28N2O6. The van der Waals surface area contributed by atoms with Crippen molar-refractivity contribution in [3.63, 3.8) is 0 Å². The Morgan fingerprint density at radius 3 is 1.21 bits per heavy atom. The van der Waals surface area contributed by atoms with Crippen LogP contribution in [-0.2, 0) is 19.2 Å². The molecule has 0 fully saturated rings. The average Bonchev–Trinajstić information content (AvgIpc) is 2.45. The third-order valence-corrected chi connectivity index (χ3v) is 3.56. The van der Waals surface area contributed by atoms with Gasteiger partial charge in [-0.3, -0.25) is 9.59 Å². The molecule has 2 unspecified atom stereocenters. The summed E-state index contributed by atoms with van der Waals surface area (Å²) in [6, 6.07) is -1.86. The van der Waals surface area contributed by atoms with Gasteiger partial charge in [0.15, 0.2) is 0 Å². The van der Waals surface area contributed by atoms with Gasteiger partial charge in [-0.15, -0.1) is 0 Å². The highest BCUT2D eigenvalue weighted by molar-refractivity contribution is 5.84. The van der Waals surface area contributed by atoms with Crippen LogP contribution in [0.1, 0.15) is 53.4 Å².